The molecule has 1 N–H and O–H groups in total. The summed E-state index contributed by atoms with van der Waals surface area (Å²) < 4.78 is 0. The van der Waals surface area contributed by atoms with Gasteiger partial charge in [-0.25, -0.2) is 0 Å². The summed E-state index contributed by atoms with van der Waals surface area (Å²) in [6.07, 6.45) is 5.00. The molecule has 0 radical (unpaired) electrons. The second-order valence-electron chi connectivity index (χ2n) is 6.63. The van der Waals surface area contributed by atoms with Gasteiger partial charge in [0.2, 0.25) is 5.95 Å². The summed E-state index contributed by atoms with van der Waals surface area (Å²) in [7, 11) is 0. The van der Waals surface area contributed by atoms with Gasteiger partial charge in [0, 0.05) is 37.1 Å². The van der Waals surface area contributed by atoms with Gasteiger partial charge in [0.25, 0.3) is 0 Å². The number of para-hydroxylation sites is 1. The van der Waals surface area contributed by atoms with Crippen molar-refractivity contribution in [1.29, 1.82) is 0 Å². The van der Waals surface area contributed by atoms with Gasteiger partial charge < -0.3 is 14.8 Å². The minimum Gasteiger partial charge on any atom is -0.356 e. The van der Waals surface area contributed by atoms with Crippen molar-refractivity contribution in [1.82, 2.24) is 15.0 Å². The lowest BCUT2D eigenvalue weighted by atomic mass is 10.2. The number of fused-ring (bicyclic) bond motifs is 3. The SMILES string of the molecule is Cl.c1ccc2c(c1)[nH]c1nc(N3CCCC3)nc(N3CCCC3)c12. The first kappa shape index (κ1) is 15.5. The normalized spacial score (nSPS) is 17.8. The molecule has 24 heavy (non-hydrogen) atoms. The summed E-state index contributed by atoms with van der Waals surface area (Å²) in [5.74, 6) is 2.01. The van der Waals surface area contributed by atoms with Crippen LogP contribution < -0.4 is 9.80 Å². The van der Waals surface area contributed by atoms with Crippen molar-refractivity contribution in [2.24, 2.45) is 0 Å². The van der Waals surface area contributed by atoms with E-state index in [2.05, 4.69) is 39.0 Å². The van der Waals surface area contributed by atoms with Crippen LogP contribution in [0.5, 0.6) is 0 Å². The van der Waals surface area contributed by atoms with E-state index in [1.54, 1.807) is 0 Å². The zero-order valence-electron chi connectivity index (χ0n) is 13.7. The zero-order chi connectivity index (χ0) is 15.2. The fourth-order valence-corrected chi connectivity index (χ4v) is 3.93. The third-order valence-electron chi connectivity index (χ3n) is 5.12. The summed E-state index contributed by atoms with van der Waals surface area (Å²) in [4.78, 5) is 18.1. The molecule has 5 nitrogen and oxygen atoms in total. The Balaban J connectivity index is 0.00000146. The maximum absolute atomic E-state index is 5.01. The van der Waals surface area contributed by atoms with Crippen LogP contribution in [0.15, 0.2) is 24.3 Å². The molecule has 2 fully saturated rings. The Morgan fingerprint density at radius 3 is 2.25 bits per heavy atom. The van der Waals surface area contributed by atoms with Gasteiger partial charge in [-0.2, -0.15) is 9.97 Å². The van der Waals surface area contributed by atoms with E-state index < -0.39 is 0 Å². The number of benzene rings is 1. The Hall–Kier alpha value is -2.01. The van der Waals surface area contributed by atoms with Crippen molar-refractivity contribution >= 4 is 46.1 Å². The van der Waals surface area contributed by atoms with Crippen LogP contribution in [0.4, 0.5) is 11.8 Å². The third-order valence-corrected chi connectivity index (χ3v) is 5.12. The van der Waals surface area contributed by atoms with E-state index in [9.17, 15) is 0 Å². The molecule has 3 aromatic rings. The molecule has 0 bridgehead atoms. The Labute approximate surface area is 147 Å². The predicted octanol–water partition coefficient (Wildman–Crippen LogP) is 3.73. The molecule has 126 valence electrons. The Bertz CT molecular complexity index is 862. The van der Waals surface area contributed by atoms with E-state index in [4.69, 9.17) is 9.97 Å². The maximum atomic E-state index is 5.01. The highest BCUT2D eigenvalue weighted by atomic mass is 35.5. The number of hydrogen-bond donors (Lipinski definition) is 1. The molecule has 0 unspecified atom stereocenters. The summed E-state index contributed by atoms with van der Waals surface area (Å²) in [6.45, 7) is 4.35. The standard InChI is InChI=1S/C18H21N5.ClH/c1-2-8-14-13(7-1)15-16(19-14)20-18(23-11-5-6-12-23)21-17(15)22-9-3-4-10-22;/h1-2,7-8H,3-6,9-12H2,(H,19,20,21);1H. The first-order valence-corrected chi connectivity index (χ1v) is 8.68. The van der Waals surface area contributed by atoms with Crippen LogP contribution in [0, 0.1) is 0 Å². The lowest BCUT2D eigenvalue weighted by molar-refractivity contribution is 0.882. The lowest BCUT2D eigenvalue weighted by Crippen LogP contribution is -2.24. The maximum Gasteiger partial charge on any atom is 0.229 e. The number of rotatable bonds is 2. The van der Waals surface area contributed by atoms with Crippen LogP contribution in [-0.4, -0.2) is 41.1 Å². The van der Waals surface area contributed by atoms with Gasteiger partial charge in [0.05, 0.1) is 5.39 Å². The first-order chi connectivity index (χ1) is 11.4. The average Bonchev–Trinajstić information content (AvgIpc) is 3.32. The highest BCUT2D eigenvalue weighted by molar-refractivity contribution is 6.11. The minimum atomic E-state index is 0. The van der Waals surface area contributed by atoms with Crippen LogP contribution in [0.3, 0.4) is 0 Å². The number of H-pyrrole nitrogens is 1. The Morgan fingerprint density at radius 2 is 1.50 bits per heavy atom. The Morgan fingerprint density at radius 1 is 0.833 bits per heavy atom. The van der Waals surface area contributed by atoms with E-state index in [1.165, 1.54) is 36.5 Å². The highest BCUT2D eigenvalue weighted by Gasteiger charge is 2.23. The van der Waals surface area contributed by atoms with Crippen molar-refractivity contribution in [3.63, 3.8) is 0 Å². The monoisotopic (exact) mass is 343 g/mol. The lowest BCUT2D eigenvalue weighted by Gasteiger charge is -2.21. The summed E-state index contributed by atoms with van der Waals surface area (Å²) in [5.41, 5.74) is 2.13. The van der Waals surface area contributed by atoms with E-state index >= 15 is 0 Å². The number of nitrogens with one attached hydrogen (secondary N) is 1. The minimum absolute atomic E-state index is 0. The van der Waals surface area contributed by atoms with E-state index in [-0.39, 0.29) is 12.4 Å². The van der Waals surface area contributed by atoms with Crippen molar-refractivity contribution in [2.45, 2.75) is 25.7 Å². The second kappa shape index (κ2) is 6.13. The molecular formula is C18H22ClN5. The molecule has 2 aliphatic heterocycles. The van der Waals surface area contributed by atoms with Gasteiger partial charge in [-0.05, 0) is 31.7 Å². The van der Waals surface area contributed by atoms with Crippen LogP contribution in [-0.2, 0) is 0 Å². The van der Waals surface area contributed by atoms with Crippen LogP contribution in [0.2, 0.25) is 0 Å². The third kappa shape index (κ3) is 2.38. The summed E-state index contributed by atoms with van der Waals surface area (Å²) in [6, 6.07) is 8.47. The average molecular weight is 344 g/mol. The van der Waals surface area contributed by atoms with Crippen LogP contribution in [0.25, 0.3) is 21.9 Å². The molecule has 0 saturated carbocycles. The quantitative estimate of drug-likeness (QED) is 0.770. The molecule has 2 aliphatic rings. The van der Waals surface area contributed by atoms with E-state index in [1.807, 2.05) is 0 Å². The van der Waals surface area contributed by atoms with Gasteiger partial charge in [-0.3, -0.25) is 0 Å². The van der Waals surface area contributed by atoms with Crippen molar-refractivity contribution in [3.05, 3.63) is 24.3 Å². The summed E-state index contributed by atoms with van der Waals surface area (Å²) in [5, 5.41) is 2.42. The topological polar surface area (TPSA) is 48.1 Å². The number of nitrogens with zero attached hydrogens (tertiary/aromatic N) is 4. The molecule has 0 atom stereocenters. The first-order valence-electron chi connectivity index (χ1n) is 8.68. The number of hydrogen-bond acceptors (Lipinski definition) is 4. The van der Waals surface area contributed by atoms with Crippen molar-refractivity contribution in [3.8, 4) is 0 Å². The molecule has 0 aliphatic carbocycles. The zero-order valence-corrected chi connectivity index (χ0v) is 14.5. The number of halogens is 1. The van der Waals surface area contributed by atoms with Gasteiger partial charge >= 0.3 is 0 Å². The fraction of sp³-hybridized carbons (Fsp3) is 0.444. The largest absolute Gasteiger partial charge is 0.356 e. The highest BCUT2D eigenvalue weighted by Crippen LogP contribution is 2.35. The number of aromatic nitrogens is 3. The molecule has 2 aromatic heterocycles. The molecule has 2 saturated heterocycles. The van der Waals surface area contributed by atoms with Crippen LogP contribution >= 0.6 is 12.4 Å². The van der Waals surface area contributed by atoms with Gasteiger partial charge in [0.1, 0.15) is 11.5 Å². The Kier molecular flexibility index (Phi) is 3.96. The molecule has 1 aromatic carbocycles. The smallest absolute Gasteiger partial charge is 0.229 e. The molecule has 4 heterocycles. The molecule has 0 spiro atoms. The van der Waals surface area contributed by atoms with Gasteiger partial charge in [-0.1, -0.05) is 18.2 Å². The second-order valence-corrected chi connectivity index (χ2v) is 6.63. The van der Waals surface area contributed by atoms with Crippen molar-refractivity contribution < 1.29 is 0 Å². The molecule has 5 rings (SSSR count). The summed E-state index contributed by atoms with van der Waals surface area (Å²) >= 11 is 0. The van der Waals surface area contributed by atoms with Crippen LogP contribution in [0.1, 0.15) is 25.7 Å². The van der Waals surface area contributed by atoms with E-state index in [0.717, 1.165) is 49.1 Å². The predicted molar refractivity (Wildman–Crippen MR) is 102 cm³/mol. The van der Waals surface area contributed by atoms with E-state index in [0.29, 0.717) is 0 Å². The van der Waals surface area contributed by atoms with Crippen molar-refractivity contribution in [2.75, 3.05) is 36.0 Å². The fourth-order valence-electron chi connectivity index (χ4n) is 3.93. The number of aromatic amines is 1. The molecule has 0 amide bonds. The van der Waals surface area contributed by atoms with Gasteiger partial charge in [-0.15, -0.1) is 12.4 Å². The molecular weight excluding hydrogens is 322 g/mol. The molecule has 6 heteroatoms. The van der Waals surface area contributed by atoms with Gasteiger partial charge in [0.15, 0.2) is 0 Å². The number of anilines is 2.